The summed E-state index contributed by atoms with van der Waals surface area (Å²) < 4.78 is 49.5. The van der Waals surface area contributed by atoms with Gasteiger partial charge in [0.25, 0.3) is 8.32 Å². The largest absolute Gasteiger partial charge is 0.414 e. The summed E-state index contributed by atoms with van der Waals surface area (Å²) in [5, 5.41) is 13.7. The summed E-state index contributed by atoms with van der Waals surface area (Å²) >= 11 is 0. The highest BCUT2D eigenvalue weighted by atomic mass is 28.4. The highest BCUT2D eigenvalue weighted by Crippen LogP contribution is 2.47. The van der Waals surface area contributed by atoms with Crippen LogP contribution in [-0.4, -0.2) is 101 Å². The lowest BCUT2D eigenvalue weighted by Gasteiger charge is -2.52. The van der Waals surface area contributed by atoms with Gasteiger partial charge in [-0.2, -0.15) is 0 Å². The topological polar surface area (TPSA) is 102 Å². The highest BCUT2D eigenvalue weighted by Gasteiger charge is 2.54. The maximum atomic E-state index is 14.7. The van der Waals surface area contributed by atoms with E-state index in [0.29, 0.717) is 58.2 Å². The van der Waals surface area contributed by atoms with Crippen LogP contribution in [0.25, 0.3) is 0 Å². The number of ketones is 1. The van der Waals surface area contributed by atoms with Crippen molar-refractivity contribution in [3.05, 3.63) is 109 Å². The molecule has 434 valence electrons. The summed E-state index contributed by atoms with van der Waals surface area (Å²) in [6, 6.07) is 31.6. The van der Waals surface area contributed by atoms with Crippen molar-refractivity contribution in [2.45, 2.75) is 244 Å². The number of carbonyl (C=O) groups excluding carboxylic acids is 1. The van der Waals surface area contributed by atoms with Crippen LogP contribution in [0.2, 0.25) is 59.4 Å². The van der Waals surface area contributed by atoms with Gasteiger partial charge in [0.15, 0.2) is 30.7 Å². The predicted molar refractivity (Wildman–Crippen MR) is 331 cm³/mol. The average molecular weight is 1130 g/mol. The molecule has 0 unspecified atom stereocenters. The van der Waals surface area contributed by atoms with Crippen LogP contribution in [0.15, 0.2) is 104 Å². The zero-order chi connectivity index (χ0) is 57.9. The Morgan fingerprint density at radius 3 is 1.71 bits per heavy atom. The molecule has 77 heavy (non-hydrogen) atoms. The smallest absolute Gasteiger partial charge is 0.261 e. The van der Waals surface area contributed by atoms with Gasteiger partial charge in [-0.25, -0.2) is 0 Å². The summed E-state index contributed by atoms with van der Waals surface area (Å²) in [4.78, 5) is 14.7. The Morgan fingerprint density at radius 2 is 1.25 bits per heavy atom. The summed E-state index contributed by atoms with van der Waals surface area (Å²) in [5.74, 6) is -1.10. The molecule has 0 aliphatic carbocycles. The molecule has 4 rings (SSSR count). The van der Waals surface area contributed by atoms with Gasteiger partial charge in [-0.05, 0) is 94.6 Å². The lowest BCUT2D eigenvalue weighted by molar-refractivity contribution is -0.306. The minimum atomic E-state index is -2.85. The van der Waals surface area contributed by atoms with Crippen molar-refractivity contribution in [1.82, 2.24) is 0 Å². The number of aliphatic hydroxyl groups excluding tert-OH is 1. The Morgan fingerprint density at radius 1 is 0.740 bits per heavy atom. The van der Waals surface area contributed by atoms with E-state index in [1.54, 1.807) is 7.11 Å². The average Bonchev–Trinajstić information content (AvgIpc) is 3.32. The molecule has 0 radical (unpaired) electrons. The summed E-state index contributed by atoms with van der Waals surface area (Å²) in [6.45, 7) is 48.7. The quantitative estimate of drug-likeness (QED) is 0.0538. The molecule has 0 spiro atoms. The van der Waals surface area contributed by atoms with Crippen molar-refractivity contribution < 1.29 is 41.8 Å². The van der Waals surface area contributed by atoms with Crippen LogP contribution in [-0.2, 0) is 43.3 Å². The van der Waals surface area contributed by atoms with Gasteiger partial charge in [-0.15, -0.1) is 6.58 Å². The fourth-order valence-corrected chi connectivity index (χ4v) is 18.9. The fourth-order valence-electron chi connectivity index (χ4n) is 10.2. The Hall–Kier alpha value is -2.38. The van der Waals surface area contributed by atoms with Gasteiger partial charge in [0.05, 0.1) is 43.7 Å². The summed E-state index contributed by atoms with van der Waals surface area (Å²) in [5.41, 5.74) is 1.05. The van der Waals surface area contributed by atoms with Gasteiger partial charge < -0.3 is 37.0 Å². The maximum absolute atomic E-state index is 14.7. The van der Waals surface area contributed by atoms with Crippen molar-refractivity contribution >= 4 is 49.4 Å². The Kier molecular flexibility index (Phi) is 24.1. The number of hydrogen-bond donors (Lipinski definition) is 1. The molecule has 9 nitrogen and oxygen atoms in total. The Labute approximate surface area is 473 Å². The van der Waals surface area contributed by atoms with Crippen LogP contribution in [0.5, 0.6) is 0 Å². The zero-order valence-corrected chi connectivity index (χ0v) is 56.0. The molecule has 0 saturated carbocycles. The Bertz CT molecular complexity index is 2190. The van der Waals surface area contributed by atoms with Gasteiger partial charge in [0.1, 0.15) is 5.78 Å². The highest BCUT2D eigenvalue weighted by molar-refractivity contribution is 6.99. The SMILES string of the molecule is C=C[C@H]1[C@H](C[C@@H](O)COCc2ccccc2)O[C@@](C[C@H](CCCC(=O)C[C@@H](O[Si](C)(C)C(C)(C)C)[C@H](CC)CO[Si](c2ccccc2)(c2ccccc2)C(C)(C)C)O[Si](C)(C)C(C)(C)C)(OC)C[C@@H]1O[Si](C)(C)C(C)(C)C. The third-order valence-electron chi connectivity index (χ3n) is 18.0. The lowest BCUT2D eigenvalue weighted by atomic mass is 9.83. The normalized spacial score (nSPS) is 21.1. The third-order valence-corrected chi connectivity index (χ3v) is 36.6. The number of benzene rings is 3. The van der Waals surface area contributed by atoms with E-state index in [-0.39, 0.29) is 62.7 Å². The number of methoxy groups -OCH3 is 1. The molecule has 1 heterocycles. The monoisotopic (exact) mass is 1130 g/mol. The van der Waals surface area contributed by atoms with Crippen molar-refractivity contribution in [2.24, 2.45) is 11.8 Å². The van der Waals surface area contributed by atoms with E-state index in [4.69, 9.17) is 31.9 Å². The lowest BCUT2D eigenvalue weighted by Crippen LogP contribution is -2.67. The zero-order valence-electron chi connectivity index (χ0n) is 52.0. The molecule has 0 amide bonds. The van der Waals surface area contributed by atoms with Gasteiger partial charge in [-0.1, -0.05) is 187 Å². The van der Waals surface area contributed by atoms with E-state index in [0.717, 1.165) is 12.0 Å². The number of hydrogen-bond acceptors (Lipinski definition) is 9. The molecule has 8 atom stereocenters. The van der Waals surface area contributed by atoms with E-state index < -0.39 is 51.3 Å². The third kappa shape index (κ3) is 18.1. The number of carbonyl (C=O) groups is 1. The van der Waals surface area contributed by atoms with Gasteiger partial charge in [0.2, 0.25) is 0 Å². The second-order valence-electron chi connectivity index (χ2n) is 28.0. The van der Waals surface area contributed by atoms with Crippen LogP contribution < -0.4 is 10.4 Å². The van der Waals surface area contributed by atoms with Crippen LogP contribution in [0.1, 0.15) is 147 Å². The van der Waals surface area contributed by atoms with Gasteiger partial charge in [-0.3, -0.25) is 4.79 Å². The first-order chi connectivity index (χ1) is 35.6. The molecule has 1 fully saturated rings. The van der Waals surface area contributed by atoms with Crippen molar-refractivity contribution in [1.29, 1.82) is 0 Å². The van der Waals surface area contributed by atoms with Crippen molar-refractivity contribution in [2.75, 3.05) is 20.3 Å². The fraction of sp³-hybridized carbons (Fsp3) is 0.672. The van der Waals surface area contributed by atoms with Crippen LogP contribution >= 0.6 is 0 Å². The van der Waals surface area contributed by atoms with Crippen LogP contribution in [0.4, 0.5) is 0 Å². The summed E-state index contributed by atoms with van der Waals surface area (Å²) in [7, 11) is -8.14. The van der Waals surface area contributed by atoms with Crippen LogP contribution in [0.3, 0.4) is 0 Å². The minimum Gasteiger partial charge on any atom is -0.414 e. The molecular weight excluding hydrogens is 1030 g/mol. The predicted octanol–water partition coefficient (Wildman–Crippen LogP) is 15.2. The van der Waals surface area contributed by atoms with E-state index in [9.17, 15) is 9.90 Å². The number of rotatable bonds is 29. The molecule has 1 saturated heterocycles. The molecular formula is C64H108O9Si4. The van der Waals surface area contributed by atoms with Gasteiger partial charge >= 0.3 is 0 Å². The first-order valence-corrected chi connectivity index (χ1v) is 39.7. The molecule has 13 heteroatoms. The molecule has 0 aromatic heterocycles. The molecule has 1 N–H and O–H groups in total. The standard InChI is InChI=1S/C64H108O9Si4/c1-22-50(47-69-77(63(12,13)14,54-38-29-25-30-39-54)55-40-31-26-32-41-55)57(72-75(18,19)61(6,7)8)42-51(65)36-33-37-53(71-74(16,17)60(3,4)5)44-64(67-15)45-59(73-76(20,21)62(9,10)11)56(23-2)58(70-64)43-52(66)48-68-46-49-34-27-24-28-35-49/h23-32,34-35,38-41,50,52-53,56-59,66H,2,22,33,36-37,42-48H2,1,3-21H3/t50-,52-,53+,56+,57-,58+,59+,64-/m1/s1. The molecule has 0 bridgehead atoms. The first-order valence-electron chi connectivity index (χ1n) is 29.0. The molecule has 1 aliphatic heterocycles. The van der Waals surface area contributed by atoms with Gasteiger partial charge in [0, 0.05) is 57.7 Å². The van der Waals surface area contributed by atoms with E-state index in [1.807, 2.05) is 36.4 Å². The van der Waals surface area contributed by atoms with Crippen LogP contribution in [0, 0.1) is 11.8 Å². The number of Topliss-reactive ketones (excluding diaryl/α,β-unsaturated/α-hetero) is 1. The minimum absolute atomic E-state index is 0.00262. The Balaban J connectivity index is 1.66. The second-order valence-corrected chi connectivity index (χ2v) is 46.6. The van der Waals surface area contributed by atoms with E-state index in [1.165, 1.54) is 10.4 Å². The van der Waals surface area contributed by atoms with E-state index >= 15 is 0 Å². The van der Waals surface area contributed by atoms with E-state index in [2.05, 4.69) is 197 Å². The molecule has 1 aliphatic rings. The van der Waals surface area contributed by atoms with Crippen molar-refractivity contribution in [3.8, 4) is 0 Å². The molecule has 3 aromatic carbocycles. The number of aliphatic hydroxyl groups is 1. The number of ether oxygens (including phenoxy) is 3. The van der Waals surface area contributed by atoms with Crippen molar-refractivity contribution in [3.63, 3.8) is 0 Å². The first kappa shape index (κ1) is 67.1. The molecule has 3 aromatic rings. The summed E-state index contributed by atoms with van der Waals surface area (Å²) in [6.07, 6.45) is 3.89. The maximum Gasteiger partial charge on any atom is 0.261 e. The second kappa shape index (κ2) is 27.6.